The Balaban J connectivity index is 1.86. The molecule has 0 unspecified atom stereocenters. The molecule has 0 amide bonds. The van der Waals surface area contributed by atoms with Gasteiger partial charge in [-0.25, -0.2) is 26.3 Å². The number of halogens is 9. The van der Waals surface area contributed by atoms with E-state index in [0.717, 1.165) is 23.9 Å². The van der Waals surface area contributed by atoms with E-state index in [1.807, 2.05) is 0 Å². The summed E-state index contributed by atoms with van der Waals surface area (Å²) in [7, 11) is 0. The Morgan fingerprint density at radius 3 is 1.50 bits per heavy atom. The van der Waals surface area contributed by atoms with Crippen molar-refractivity contribution in [2.24, 2.45) is 0 Å². The van der Waals surface area contributed by atoms with Crippen LogP contribution >= 0.6 is 11.8 Å². The zero-order valence-corrected chi connectivity index (χ0v) is 19.8. The Morgan fingerprint density at radius 1 is 0.579 bits per heavy atom. The van der Waals surface area contributed by atoms with Crippen LogP contribution in [0.15, 0.2) is 65.6 Å². The van der Waals surface area contributed by atoms with Crippen molar-refractivity contribution in [3.63, 3.8) is 0 Å². The number of alkyl halides is 3. The first-order valence-corrected chi connectivity index (χ1v) is 11.4. The third kappa shape index (κ3) is 5.02. The van der Waals surface area contributed by atoms with Gasteiger partial charge in [0.2, 0.25) is 5.82 Å². The third-order valence-electron chi connectivity index (χ3n) is 5.55. The normalized spacial score (nSPS) is 11.6. The van der Waals surface area contributed by atoms with E-state index in [4.69, 9.17) is 0 Å². The molecule has 0 aliphatic heterocycles. The summed E-state index contributed by atoms with van der Waals surface area (Å²) in [6.07, 6.45) is -5.12. The van der Waals surface area contributed by atoms with Gasteiger partial charge in [-0.15, -0.1) is 0 Å². The Labute approximate surface area is 213 Å². The maximum absolute atomic E-state index is 15.5. The molecule has 0 bridgehead atoms. The smallest absolute Gasteiger partial charge is 0.287 e. The molecule has 0 atom stereocenters. The van der Waals surface area contributed by atoms with Crippen LogP contribution < -0.4 is 0 Å². The van der Waals surface area contributed by atoms with E-state index >= 15 is 4.39 Å². The van der Waals surface area contributed by atoms with Crippen molar-refractivity contribution in [1.29, 1.82) is 0 Å². The Bertz CT molecular complexity index is 1510. The minimum Gasteiger partial charge on any atom is -0.287 e. The third-order valence-corrected chi connectivity index (χ3v) is 6.34. The van der Waals surface area contributed by atoms with Crippen molar-refractivity contribution in [2.75, 3.05) is 0 Å². The molecule has 38 heavy (non-hydrogen) atoms. The Kier molecular flexibility index (Phi) is 7.33. The van der Waals surface area contributed by atoms with Gasteiger partial charge in [0.15, 0.2) is 28.4 Å². The Hall–Kier alpha value is -3.73. The van der Waals surface area contributed by atoms with E-state index in [2.05, 4.69) is 0 Å². The lowest BCUT2D eigenvalue weighted by atomic mass is 9.91. The second-order valence-corrected chi connectivity index (χ2v) is 9.24. The average Bonchev–Trinajstić information content (AvgIpc) is 2.87. The van der Waals surface area contributed by atoms with Gasteiger partial charge in [0, 0.05) is 22.9 Å². The number of benzene rings is 4. The standard InChI is InChI=1S/C27H13F9OS/c1-12(37)38-16-8-6-14(7-9-16)13-2-4-15(5-3-13)19-18(27(34,35)36)11-10-17(21(19)28)20-22(29)24(31)26(33)25(32)23(20)30/h2-11H,1H3. The first-order chi connectivity index (χ1) is 17.8. The van der Waals surface area contributed by atoms with Crippen LogP contribution in [0.1, 0.15) is 12.5 Å². The predicted octanol–water partition coefficient (Wildman–Crippen LogP) is 9.18. The fourth-order valence-corrected chi connectivity index (χ4v) is 4.44. The molecular formula is C27H13F9OS. The molecule has 0 aliphatic rings. The lowest BCUT2D eigenvalue weighted by molar-refractivity contribution is -0.137. The zero-order chi connectivity index (χ0) is 27.9. The number of hydrogen-bond donors (Lipinski definition) is 0. The molecule has 0 N–H and O–H groups in total. The molecule has 0 aliphatic carbocycles. The molecule has 4 rings (SSSR count). The van der Waals surface area contributed by atoms with Crippen LogP contribution in [0.4, 0.5) is 39.5 Å². The van der Waals surface area contributed by atoms with Crippen LogP contribution in [0.2, 0.25) is 0 Å². The molecule has 0 heterocycles. The first-order valence-electron chi connectivity index (χ1n) is 10.6. The quantitative estimate of drug-likeness (QED) is 0.108. The first kappa shape index (κ1) is 27.3. The van der Waals surface area contributed by atoms with Crippen LogP contribution in [0, 0.1) is 34.9 Å². The molecule has 196 valence electrons. The summed E-state index contributed by atoms with van der Waals surface area (Å²) in [4.78, 5) is 11.9. The highest BCUT2D eigenvalue weighted by Gasteiger charge is 2.37. The fraction of sp³-hybridized carbons (Fsp3) is 0.0741. The van der Waals surface area contributed by atoms with Crippen LogP contribution in [-0.4, -0.2) is 5.12 Å². The van der Waals surface area contributed by atoms with Crippen molar-refractivity contribution < 1.29 is 44.3 Å². The van der Waals surface area contributed by atoms with Crippen molar-refractivity contribution in [3.05, 3.63) is 101 Å². The molecule has 0 saturated heterocycles. The second-order valence-electron chi connectivity index (χ2n) is 7.99. The molecule has 0 aromatic heterocycles. The van der Waals surface area contributed by atoms with Gasteiger partial charge in [-0.2, -0.15) is 13.2 Å². The predicted molar refractivity (Wildman–Crippen MR) is 124 cm³/mol. The molecule has 0 saturated carbocycles. The second kappa shape index (κ2) is 10.2. The molecule has 11 heteroatoms. The van der Waals surface area contributed by atoms with Crippen molar-refractivity contribution in [2.45, 2.75) is 18.0 Å². The summed E-state index contributed by atoms with van der Waals surface area (Å²) in [6, 6.07) is 12.2. The summed E-state index contributed by atoms with van der Waals surface area (Å²) in [6.45, 7) is 1.40. The molecule has 0 fully saturated rings. The highest BCUT2D eigenvalue weighted by Crippen LogP contribution is 2.43. The minimum absolute atomic E-state index is 0.127. The summed E-state index contributed by atoms with van der Waals surface area (Å²) in [5, 5.41) is -0.127. The van der Waals surface area contributed by atoms with E-state index in [0.29, 0.717) is 28.2 Å². The van der Waals surface area contributed by atoms with Gasteiger partial charge >= 0.3 is 6.18 Å². The maximum atomic E-state index is 15.5. The lowest BCUT2D eigenvalue weighted by Gasteiger charge is -2.18. The maximum Gasteiger partial charge on any atom is 0.417 e. The van der Waals surface area contributed by atoms with E-state index in [1.54, 1.807) is 24.3 Å². The number of hydrogen-bond acceptors (Lipinski definition) is 2. The summed E-state index contributed by atoms with van der Waals surface area (Å²) in [5.74, 6) is -13.8. The summed E-state index contributed by atoms with van der Waals surface area (Å²) < 4.78 is 126. The fourth-order valence-electron chi connectivity index (χ4n) is 3.84. The van der Waals surface area contributed by atoms with E-state index in [9.17, 15) is 39.9 Å². The van der Waals surface area contributed by atoms with Gasteiger partial charge in [0.05, 0.1) is 11.1 Å². The highest BCUT2D eigenvalue weighted by molar-refractivity contribution is 8.13. The van der Waals surface area contributed by atoms with Gasteiger partial charge in [-0.05, 0) is 34.9 Å². The monoisotopic (exact) mass is 556 g/mol. The van der Waals surface area contributed by atoms with E-state index in [-0.39, 0.29) is 10.7 Å². The minimum atomic E-state index is -5.12. The van der Waals surface area contributed by atoms with E-state index in [1.165, 1.54) is 19.1 Å². The molecule has 1 nitrogen and oxygen atoms in total. The molecule has 0 radical (unpaired) electrons. The van der Waals surface area contributed by atoms with Gasteiger partial charge < -0.3 is 0 Å². The number of carbonyl (C=O) groups excluding carboxylic acids is 1. The number of carbonyl (C=O) groups is 1. The van der Waals surface area contributed by atoms with Gasteiger partial charge in [0.1, 0.15) is 5.82 Å². The summed E-state index contributed by atoms with van der Waals surface area (Å²) >= 11 is 1.00. The molecule has 4 aromatic carbocycles. The lowest BCUT2D eigenvalue weighted by Crippen LogP contribution is -2.11. The SMILES string of the molecule is CC(=O)Sc1ccc(-c2ccc(-c3c(C(F)(F)F)ccc(-c4c(F)c(F)c(F)c(F)c4F)c3F)cc2)cc1. The van der Waals surface area contributed by atoms with Crippen LogP contribution in [0.3, 0.4) is 0 Å². The number of thioether (sulfide) groups is 1. The van der Waals surface area contributed by atoms with Crippen molar-refractivity contribution in [3.8, 4) is 33.4 Å². The van der Waals surface area contributed by atoms with Gasteiger partial charge in [0.25, 0.3) is 0 Å². The number of rotatable bonds is 4. The summed E-state index contributed by atoms with van der Waals surface area (Å²) in [5.41, 5.74) is -4.78. The van der Waals surface area contributed by atoms with Gasteiger partial charge in [-0.1, -0.05) is 54.2 Å². The van der Waals surface area contributed by atoms with Crippen LogP contribution in [-0.2, 0) is 11.0 Å². The van der Waals surface area contributed by atoms with E-state index < -0.39 is 63.3 Å². The van der Waals surface area contributed by atoms with Crippen molar-refractivity contribution in [1.82, 2.24) is 0 Å². The van der Waals surface area contributed by atoms with Crippen LogP contribution in [0.25, 0.3) is 33.4 Å². The highest BCUT2D eigenvalue weighted by atomic mass is 32.2. The van der Waals surface area contributed by atoms with Crippen molar-refractivity contribution >= 4 is 16.9 Å². The van der Waals surface area contributed by atoms with Crippen LogP contribution in [0.5, 0.6) is 0 Å². The Morgan fingerprint density at radius 2 is 1.03 bits per heavy atom. The molecular weight excluding hydrogens is 543 g/mol. The average molecular weight is 556 g/mol. The zero-order valence-electron chi connectivity index (χ0n) is 19.0. The molecule has 4 aromatic rings. The largest absolute Gasteiger partial charge is 0.417 e. The van der Waals surface area contributed by atoms with Gasteiger partial charge in [-0.3, -0.25) is 4.79 Å². The topological polar surface area (TPSA) is 17.1 Å². The molecule has 0 spiro atoms.